The van der Waals surface area contributed by atoms with Crippen LogP contribution in [-0.2, 0) is 11.2 Å². The van der Waals surface area contributed by atoms with E-state index in [1.165, 1.54) is 11.3 Å². The average molecular weight is 370 g/mol. The van der Waals surface area contributed by atoms with Crippen LogP contribution < -0.4 is 10.9 Å². The fraction of sp³-hybridized carbons (Fsp3) is 0.222. The maximum Gasteiger partial charge on any atom is 0.279 e. The fourth-order valence-electron chi connectivity index (χ4n) is 2.20. The molecule has 0 bridgehead atoms. The van der Waals surface area contributed by atoms with E-state index in [1.807, 2.05) is 44.2 Å². The second-order valence-electron chi connectivity index (χ2n) is 5.78. The standard InChI is InChI=1S/C18H18N4O3S/c1-11-3-6-13(7-4-11)18-22-20-16(25-18)10-9-15(23)19-21-17(24)14-8-5-12(2)26-14/h3-8H,9-10H2,1-2H3,(H,19,23)(H,21,24). The van der Waals surface area contributed by atoms with E-state index < -0.39 is 0 Å². The number of nitrogens with one attached hydrogen (secondary N) is 2. The van der Waals surface area contributed by atoms with Crippen LogP contribution in [0.4, 0.5) is 0 Å². The number of nitrogens with zero attached hydrogens (tertiary/aromatic N) is 2. The molecule has 0 unspecified atom stereocenters. The van der Waals surface area contributed by atoms with E-state index >= 15 is 0 Å². The van der Waals surface area contributed by atoms with Gasteiger partial charge in [-0.25, -0.2) is 0 Å². The number of aryl methyl sites for hydroxylation is 3. The molecule has 1 aromatic carbocycles. The van der Waals surface area contributed by atoms with Gasteiger partial charge >= 0.3 is 0 Å². The van der Waals surface area contributed by atoms with E-state index in [0.717, 1.165) is 16.0 Å². The van der Waals surface area contributed by atoms with Crippen LogP contribution in [0, 0.1) is 13.8 Å². The summed E-state index contributed by atoms with van der Waals surface area (Å²) < 4.78 is 5.57. The lowest BCUT2D eigenvalue weighted by atomic mass is 10.1. The number of rotatable bonds is 5. The van der Waals surface area contributed by atoms with Crippen molar-refractivity contribution in [3.8, 4) is 11.5 Å². The van der Waals surface area contributed by atoms with Crippen LogP contribution in [0.25, 0.3) is 11.5 Å². The molecule has 7 nitrogen and oxygen atoms in total. The van der Waals surface area contributed by atoms with Gasteiger partial charge in [0.2, 0.25) is 17.7 Å². The molecule has 0 radical (unpaired) electrons. The lowest BCUT2D eigenvalue weighted by Crippen LogP contribution is -2.41. The number of hydrazine groups is 1. The number of amides is 2. The summed E-state index contributed by atoms with van der Waals surface area (Å²) in [6.45, 7) is 3.91. The molecule has 2 heterocycles. The van der Waals surface area contributed by atoms with Gasteiger partial charge < -0.3 is 4.42 Å². The number of hydrogen-bond donors (Lipinski definition) is 2. The molecule has 0 fully saturated rings. The Bertz CT molecular complexity index is 915. The average Bonchev–Trinajstić information content (AvgIpc) is 3.27. The molecule has 0 spiro atoms. The Kier molecular flexibility index (Phi) is 5.43. The van der Waals surface area contributed by atoms with Crippen LogP contribution in [0.3, 0.4) is 0 Å². The van der Waals surface area contributed by atoms with E-state index in [4.69, 9.17) is 4.42 Å². The predicted octanol–water partition coefficient (Wildman–Crippen LogP) is 2.81. The van der Waals surface area contributed by atoms with Gasteiger partial charge in [-0.3, -0.25) is 20.4 Å². The number of hydrogen-bond acceptors (Lipinski definition) is 6. The van der Waals surface area contributed by atoms with Crippen LogP contribution in [0.1, 0.15) is 32.4 Å². The van der Waals surface area contributed by atoms with Crippen molar-refractivity contribution in [3.63, 3.8) is 0 Å². The van der Waals surface area contributed by atoms with E-state index in [1.54, 1.807) is 6.07 Å². The van der Waals surface area contributed by atoms with Gasteiger partial charge in [-0.2, -0.15) is 0 Å². The summed E-state index contributed by atoms with van der Waals surface area (Å²) in [7, 11) is 0. The monoisotopic (exact) mass is 370 g/mol. The zero-order valence-corrected chi connectivity index (χ0v) is 15.2. The molecule has 26 heavy (non-hydrogen) atoms. The minimum atomic E-state index is -0.337. The van der Waals surface area contributed by atoms with Crippen LogP contribution >= 0.6 is 11.3 Å². The Morgan fingerprint density at radius 1 is 1.04 bits per heavy atom. The Morgan fingerprint density at radius 2 is 1.81 bits per heavy atom. The van der Waals surface area contributed by atoms with Crippen molar-refractivity contribution in [3.05, 3.63) is 57.6 Å². The van der Waals surface area contributed by atoms with Crippen molar-refractivity contribution in [1.82, 2.24) is 21.0 Å². The second kappa shape index (κ2) is 7.92. The first-order valence-electron chi connectivity index (χ1n) is 8.06. The maximum atomic E-state index is 11.9. The second-order valence-corrected chi connectivity index (χ2v) is 7.07. The Hall–Kier alpha value is -3.00. The number of aromatic nitrogens is 2. The van der Waals surface area contributed by atoms with Crippen LogP contribution in [0.5, 0.6) is 0 Å². The first-order chi connectivity index (χ1) is 12.5. The minimum Gasteiger partial charge on any atom is -0.421 e. The highest BCUT2D eigenvalue weighted by molar-refractivity contribution is 7.13. The van der Waals surface area contributed by atoms with Crippen molar-refractivity contribution in [2.24, 2.45) is 0 Å². The Balaban J connectivity index is 1.47. The van der Waals surface area contributed by atoms with E-state index in [9.17, 15) is 9.59 Å². The van der Waals surface area contributed by atoms with Crippen LogP contribution in [0.2, 0.25) is 0 Å². The lowest BCUT2D eigenvalue weighted by molar-refractivity contribution is -0.121. The molecule has 0 aliphatic carbocycles. The molecule has 3 rings (SSSR count). The summed E-state index contributed by atoms with van der Waals surface area (Å²) in [6, 6.07) is 11.3. The van der Waals surface area contributed by atoms with Crippen molar-refractivity contribution in [2.75, 3.05) is 0 Å². The largest absolute Gasteiger partial charge is 0.421 e. The normalized spacial score (nSPS) is 10.5. The number of carbonyl (C=O) groups excluding carboxylic acids is 2. The highest BCUT2D eigenvalue weighted by Crippen LogP contribution is 2.18. The maximum absolute atomic E-state index is 11.9. The smallest absolute Gasteiger partial charge is 0.279 e. The van der Waals surface area contributed by atoms with Gasteiger partial charge in [0.25, 0.3) is 5.91 Å². The summed E-state index contributed by atoms with van der Waals surface area (Å²) >= 11 is 1.36. The summed E-state index contributed by atoms with van der Waals surface area (Å²) in [5, 5.41) is 7.94. The molecule has 8 heteroatoms. The molecule has 0 saturated carbocycles. The number of carbonyl (C=O) groups is 2. The number of benzene rings is 1. The third-order valence-corrected chi connectivity index (χ3v) is 4.61. The van der Waals surface area contributed by atoms with Crippen molar-refractivity contribution >= 4 is 23.2 Å². The first kappa shape index (κ1) is 17.8. The molecule has 0 aliphatic rings. The van der Waals surface area contributed by atoms with E-state index in [0.29, 0.717) is 23.1 Å². The molecular formula is C18H18N4O3S. The molecule has 3 aromatic rings. The summed E-state index contributed by atoms with van der Waals surface area (Å²) in [5.74, 6) is 0.121. The van der Waals surface area contributed by atoms with Gasteiger partial charge in [0.15, 0.2) is 0 Å². The van der Waals surface area contributed by atoms with Crippen molar-refractivity contribution in [2.45, 2.75) is 26.7 Å². The molecule has 0 aliphatic heterocycles. The van der Waals surface area contributed by atoms with E-state index in [2.05, 4.69) is 21.0 Å². The highest BCUT2D eigenvalue weighted by Gasteiger charge is 2.12. The fourth-order valence-corrected chi connectivity index (χ4v) is 2.96. The zero-order valence-electron chi connectivity index (χ0n) is 14.4. The van der Waals surface area contributed by atoms with Gasteiger partial charge in [0.05, 0.1) is 4.88 Å². The first-order valence-corrected chi connectivity index (χ1v) is 8.88. The zero-order chi connectivity index (χ0) is 18.5. The number of thiophene rings is 1. The highest BCUT2D eigenvalue weighted by atomic mass is 32.1. The van der Waals surface area contributed by atoms with Gasteiger partial charge in [-0.15, -0.1) is 21.5 Å². The van der Waals surface area contributed by atoms with Crippen LogP contribution in [0.15, 0.2) is 40.8 Å². The minimum absolute atomic E-state index is 0.124. The molecule has 2 aromatic heterocycles. The molecular weight excluding hydrogens is 352 g/mol. The van der Waals surface area contributed by atoms with Gasteiger partial charge in [-0.1, -0.05) is 17.7 Å². The van der Waals surface area contributed by atoms with Crippen molar-refractivity contribution < 1.29 is 14.0 Å². The van der Waals surface area contributed by atoms with E-state index in [-0.39, 0.29) is 18.2 Å². The Labute approximate surface area is 154 Å². The van der Waals surface area contributed by atoms with Gasteiger partial charge in [0, 0.05) is 23.3 Å². The SMILES string of the molecule is Cc1ccc(-c2nnc(CCC(=O)NNC(=O)c3ccc(C)s3)o2)cc1. The topological polar surface area (TPSA) is 97.1 Å². The molecule has 0 saturated heterocycles. The molecule has 2 N–H and O–H groups in total. The van der Waals surface area contributed by atoms with Gasteiger partial charge in [-0.05, 0) is 38.1 Å². The predicted molar refractivity (Wildman–Crippen MR) is 97.5 cm³/mol. The molecule has 134 valence electrons. The summed E-state index contributed by atoms with van der Waals surface area (Å²) in [6.07, 6.45) is 0.415. The quantitative estimate of drug-likeness (QED) is 0.673. The third-order valence-electron chi connectivity index (χ3n) is 3.61. The molecule has 0 atom stereocenters. The lowest BCUT2D eigenvalue weighted by Gasteiger charge is -2.05. The van der Waals surface area contributed by atoms with Crippen molar-refractivity contribution in [1.29, 1.82) is 0 Å². The van der Waals surface area contributed by atoms with Gasteiger partial charge in [0.1, 0.15) is 0 Å². The molecule has 2 amide bonds. The summed E-state index contributed by atoms with van der Waals surface area (Å²) in [4.78, 5) is 25.3. The summed E-state index contributed by atoms with van der Waals surface area (Å²) in [5.41, 5.74) is 6.75. The van der Waals surface area contributed by atoms with Crippen LogP contribution in [-0.4, -0.2) is 22.0 Å². The Morgan fingerprint density at radius 3 is 2.50 bits per heavy atom. The third kappa shape index (κ3) is 4.54.